The molecule has 1 saturated carbocycles. The normalized spacial score (nSPS) is 14.7. The fourth-order valence-corrected chi connectivity index (χ4v) is 5.19. The Bertz CT molecular complexity index is 1150. The summed E-state index contributed by atoms with van der Waals surface area (Å²) in [6.45, 7) is 1.32. The third kappa shape index (κ3) is 6.90. The Balaban J connectivity index is 1.90. The van der Waals surface area contributed by atoms with E-state index in [1.807, 2.05) is 12.1 Å². The topological polar surface area (TPSA) is 105 Å². The molecule has 0 bridgehead atoms. The van der Waals surface area contributed by atoms with Gasteiger partial charge in [-0.1, -0.05) is 37.1 Å². The smallest absolute Gasteiger partial charge is 0.244 e. The monoisotopic (exact) mass is 517 g/mol. The van der Waals surface area contributed by atoms with Crippen molar-refractivity contribution in [1.82, 2.24) is 10.2 Å². The van der Waals surface area contributed by atoms with Gasteiger partial charge in [-0.25, -0.2) is 8.42 Å². The highest BCUT2D eigenvalue weighted by molar-refractivity contribution is 7.92. The molecule has 9 nitrogen and oxygen atoms in total. The number of anilines is 1. The average Bonchev–Trinajstić information content (AvgIpc) is 3.38. The molecule has 0 radical (unpaired) electrons. The molecule has 1 fully saturated rings. The van der Waals surface area contributed by atoms with Crippen LogP contribution in [-0.4, -0.2) is 64.2 Å². The molecular weight excluding hydrogens is 482 g/mol. The van der Waals surface area contributed by atoms with Gasteiger partial charge in [0.15, 0.2) is 0 Å². The van der Waals surface area contributed by atoms with Crippen LogP contribution in [0.25, 0.3) is 0 Å². The Hall–Kier alpha value is -3.27. The van der Waals surface area contributed by atoms with Crippen molar-refractivity contribution in [2.75, 3.05) is 31.3 Å². The molecule has 0 spiro atoms. The predicted octanol–water partition coefficient (Wildman–Crippen LogP) is 2.95. The van der Waals surface area contributed by atoms with Crippen LogP contribution in [0.5, 0.6) is 11.5 Å². The summed E-state index contributed by atoms with van der Waals surface area (Å²) in [6.07, 6.45) is 5.00. The van der Waals surface area contributed by atoms with Crippen molar-refractivity contribution < 1.29 is 27.5 Å². The van der Waals surface area contributed by atoms with Crippen LogP contribution in [0.2, 0.25) is 0 Å². The molecule has 196 valence electrons. The maximum atomic E-state index is 13.7. The van der Waals surface area contributed by atoms with Crippen LogP contribution in [0.15, 0.2) is 48.5 Å². The molecule has 1 atom stereocenters. The van der Waals surface area contributed by atoms with Crippen LogP contribution in [-0.2, 0) is 26.2 Å². The number of sulfonamides is 1. The van der Waals surface area contributed by atoms with Gasteiger partial charge in [-0.05, 0) is 49.6 Å². The number of hydrogen-bond donors (Lipinski definition) is 1. The third-order valence-corrected chi connectivity index (χ3v) is 7.54. The molecule has 3 rings (SSSR count). The number of hydrogen-bond acceptors (Lipinski definition) is 6. The molecule has 1 aliphatic rings. The van der Waals surface area contributed by atoms with E-state index in [1.165, 1.54) is 12.0 Å². The minimum atomic E-state index is -3.84. The minimum absolute atomic E-state index is 0.0963. The Morgan fingerprint density at radius 2 is 1.67 bits per heavy atom. The summed E-state index contributed by atoms with van der Waals surface area (Å²) in [7, 11) is -0.832. The summed E-state index contributed by atoms with van der Waals surface area (Å²) in [5.41, 5.74) is 1.04. The van der Waals surface area contributed by atoms with Crippen LogP contribution in [0.4, 0.5) is 5.69 Å². The summed E-state index contributed by atoms with van der Waals surface area (Å²) in [5, 5.41) is 3.05. The summed E-state index contributed by atoms with van der Waals surface area (Å²) in [4.78, 5) is 28.2. The Labute approximate surface area is 213 Å². The number of nitrogens with one attached hydrogen (secondary N) is 1. The number of rotatable bonds is 11. The van der Waals surface area contributed by atoms with Crippen molar-refractivity contribution in [3.63, 3.8) is 0 Å². The Morgan fingerprint density at radius 1 is 1.03 bits per heavy atom. The molecule has 2 aromatic carbocycles. The van der Waals surface area contributed by atoms with Crippen LogP contribution in [0.1, 0.15) is 38.2 Å². The van der Waals surface area contributed by atoms with Gasteiger partial charge in [0.25, 0.3) is 0 Å². The molecule has 2 aromatic rings. The van der Waals surface area contributed by atoms with Gasteiger partial charge in [-0.2, -0.15) is 0 Å². The van der Waals surface area contributed by atoms with Gasteiger partial charge in [-0.3, -0.25) is 13.9 Å². The lowest BCUT2D eigenvalue weighted by Crippen LogP contribution is -2.52. The van der Waals surface area contributed by atoms with Crippen LogP contribution >= 0.6 is 0 Å². The molecule has 2 amide bonds. The molecule has 1 N–H and O–H groups in total. The first kappa shape index (κ1) is 27.3. The summed E-state index contributed by atoms with van der Waals surface area (Å²) < 4.78 is 37.0. The minimum Gasteiger partial charge on any atom is -0.497 e. The van der Waals surface area contributed by atoms with E-state index < -0.39 is 28.5 Å². The standard InChI is InChI=1S/C26H35N3O6S/c1-19(26(31)27-21-9-5-6-10-21)28(17-20-13-15-22(34-2)16-14-20)25(30)18-29(36(4,32)33)23-11-7-8-12-24(23)35-3/h7-8,11-16,19,21H,5-6,9-10,17-18H2,1-4H3,(H,27,31)/t19-/m0/s1. The number of para-hydroxylation sites is 2. The molecular formula is C26H35N3O6S. The summed E-state index contributed by atoms with van der Waals surface area (Å²) >= 11 is 0. The number of methoxy groups -OCH3 is 2. The van der Waals surface area contributed by atoms with Crippen LogP contribution < -0.4 is 19.1 Å². The van der Waals surface area contributed by atoms with Crippen LogP contribution in [0.3, 0.4) is 0 Å². The Kier molecular flexibility index (Phi) is 9.19. The van der Waals surface area contributed by atoms with Gasteiger partial charge in [0.2, 0.25) is 21.8 Å². The van der Waals surface area contributed by atoms with Crippen molar-refractivity contribution in [2.45, 2.75) is 51.2 Å². The van der Waals surface area contributed by atoms with E-state index >= 15 is 0 Å². The maximum absolute atomic E-state index is 13.7. The highest BCUT2D eigenvalue weighted by Gasteiger charge is 2.32. The average molecular weight is 518 g/mol. The largest absolute Gasteiger partial charge is 0.497 e. The van der Waals surface area contributed by atoms with Crippen molar-refractivity contribution in [3.05, 3.63) is 54.1 Å². The van der Waals surface area contributed by atoms with E-state index in [2.05, 4.69) is 5.32 Å². The van der Waals surface area contributed by atoms with Gasteiger partial charge < -0.3 is 19.7 Å². The third-order valence-electron chi connectivity index (χ3n) is 6.41. The number of nitrogens with zero attached hydrogens (tertiary/aromatic N) is 2. The van der Waals surface area contributed by atoms with Gasteiger partial charge in [-0.15, -0.1) is 0 Å². The van der Waals surface area contributed by atoms with Crippen molar-refractivity contribution in [3.8, 4) is 11.5 Å². The predicted molar refractivity (Wildman–Crippen MR) is 139 cm³/mol. The van der Waals surface area contributed by atoms with E-state index in [1.54, 1.807) is 50.4 Å². The highest BCUT2D eigenvalue weighted by Crippen LogP contribution is 2.29. The first-order valence-electron chi connectivity index (χ1n) is 12.0. The fraction of sp³-hybridized carbons (Fsp3) is 0.462. The molecule has 1 aliphatic carbocycles. The zero-order chi connectivity index (χ0) is 26.3. The SMILES string of the molecule is COc1ccc(CN(C(=O)CN(c2ccccc2OC)S(C)(=O)=O)[C@@H](C)C(=O)NC2CCCC2)cc1. The van der Waals surface area contributed by atoms with E-state index in [0.29, 0.717) is 11.5 Å². The van der Waals surface area contributed by atoms with E-state index in [9.17, 15) is 18.0 Å². The summed E-state index contributed by atoms with van der Waals surface area (Å²) in [5.74, 6) is 0.232. The van der Waals surface area contributed by atoms with Crippen LogP contribution in [0, 0.1) is 0 Å². The molecule has 0 heterocycles. The lowest BCUT2D eigenvalue weighted by Gasteiger charge is -2.32. The van der Waals surface area contributed by atoms with Gasteiger partial charge in [0.05, 0.1) is 26.2 Å². The molecule has 0 aliphatic heterocycles. The number of ether oxygens (including phenoxy) is 2. The number of amides is 2. The lowest BCUT2D eigenvalue weighted by molar-refractivity contribution is -0.139. The maximum Gasteiger partial charge on any atom is 0.244 e. The van der Waals surface area contributed by atoms with Crippen molar-refractivity contribution in [1.29, 1.82) is 0 Å². The number of carbonyl (C=O) groups excluding carboxylic acids is 2. The first-order valence-corrected chi connectivity index (χ1v) is 13.8. The highest BCUT2D eigenvalue weighted by atomic mass is 32.2. The quantitative estimate of drug-likeness (QED) is 0.491. The first-order chi connectivity index (χ1) is 17.1. The van der Waals surface area contributed by atoms with Crippen molar-refractivity contribution >= 4 is 27.5 Å². The van der Waals surface area contributed by atoms with E-state index in [4.69, 9.17) is 9.47 Å². The fourth-order valence-electron chi connectivity index (χ4n) is 4.33. The van der Waals surface area contributed by atoms with Gasteiger partial charge in [0.1, 0.15) is 24.1 Å². The molecule has 0 unspecified atom stereocenters. The molecule has 0 saturated heterocycles. The van der Waals surface area contributed by atoms with Gasteiger partial charge >= 0.3 is 0 Å². The zero-order valence-corrected chi connectivity index (χ0v) is 22.1. The second-order valence-electron chi connectivity index (χ2n) is 8.98. The number of carbonyl (C=O) groups is 2. The molecule has 36 heavy (non-hydrogen) atoms. The second-order valence-corrected chi connectivity index (χ2v) is 10.9. The zero-order valence-electron chi connectivity index (χ0n) is 21.3. The Morgan fingerprint density at radius 3 is 2.25 bits per heavy atom. The van der Waals surface area contributed by atoms with E-state index in [0.717, 1.165) is 41.8 Å². The lowest BCUT2D eigenvalue weighted by atomic mass is 10.1. The second kappa shape index (κ2) is 12.1. The molecule has 0 aromatic heterocycles. The van der Waals surface area contributed by atoms with Gasteiger partial charge in [0, 0.05) is 12.6 Å². The summed E-state index contributed by atoms with van der Waals surface area (Å²) in [6, 6.07) is 13.1. The van der Waals surface area contributed by atoms with E-state index in [-0.39, 0.29) is 24.2 Å². The van der Waals surface area contributed by atoms with Crippen molar-refractivity contribution in [2.24, 2.45) is 0 Å². The number of benzene rings is 2. The molecule has 10 heteroatoms.